The van der Waals surface area contributed by atoms with Crippen molar-refractivity contribution in [2.24, 2.45) is 5.73 Å². The van der Waals surface area contributed by atoms with E-state index in [2.05, 4.69) is 20.8 Å². The van der Waals surface area contributed by atoms with Gasteiger partial charge in [-0.2, -0.15) is 0 Å². The molecule has 1 aromatic carbocycles. The minimum atomic E-state index is -3.12. The van der Waals surface area contributed by atoms with Gasteiger partial charge in [-0.3, -0.25) is 0 Å². The van der Waals surface area contributed by atoms with Gasteiger partial charge in [-0.15, -0.1) is 0 Å². The molecule has 1 aliphatic rings. The molecule has 0 bridgehead atoms. The van der Waals surface area contributed by atoms with Crippen LogP contribution >= 0.6 is 0 Å². The molecular weight excluding hydrogens is 234 g/mol. The van der Waals surface area contributed by atoms with Crippen LogP contribution in [0.4, 0.5) is 0 Å². The quantitative estimate of drug-likeness (QED) is 0.770. The summed E-state index contributed by atoms with van der Waals surface area (Å²) in [5.41, 5.74) is 7.93. The average Bonchev–Trinajstić information content (AvgIpc) is 2.22. The Bertz CT molecular complexity index is 541. The van der Waals surface area contributed by atoms with Crippen molar-refractivity contribution in [2.75, 3.05) is 5.75 Å². The van der Waals surface area contributed by atoms with E-state index in [0.717, 1.165) is 11.1 Å². The van der Waals surface area contributed by atoms with Gasteiger partial charge in [0.1, 0.15) is 0 Å². The Morgan fingerprint density at radius 1 is 1.29 bits per heavy atom. The molecule has 2 rings (SSSR count). The SMILES string of the molecule is CC(C)(C)c1ccc2c(c1)C(N)CCS2(=O)=O. The summed E-state index contributed by atoms with van der Waals surface area (Å²) in [4.78, 5) is 0.421. The van der Waals surface area contributed by atoms with E-state index >= 15 is 0 Å². The Labute approximate surface area is 103 Å². The first-order valence-electron chi connectivity index (χ1n) is 5.84. The lowest BCUT2D eigenvalue weighted by atomic mass is 9.85. The summed E-state index contributed by atoms with van der Waals surface area (Å²) >= 11 is 0. The average molecular weight is 253 g/mol. The lowest BCUT2D eigenvalue weighted by molar-refractivity contribution is 0.561. The van der Waals surface area contributed by atoms with Crippen LogP contribution in [0.3, 0.4) is 0 Å². The molecule has 4 heteroatoms. The van der Waals surface area contributed by atoms with Gasteiger partial charge < -0.3 is 5.73 Å². The number of hydrogen-bond donors (Lipinski definition) is 1. The second-order valence-electron chi connectivity index (χ2n) is 5.72. The molecule has 0 saturated carbocycles. The van der Waals surface area contributed by atoms with Crippen molar-refractivity contribution in [3.63, 3.8) is 0 Å². The topological polar surface area (TPSA) is 60.2 Å². The highest BCUT2D eigenvalue weighted by Crippen LogP contribution is 2.34. The maximum absolute atomic E-state index is 11.9. The summed E-state index contributed by atoms with van der Waals surface area (Å²) in [6.07, 6.45) is 0.517. The Kier molecular flexibility index (Phi) is 2.83. The predicted octanol–water partition coefficient (Wildman–Crippen LogP) is 2.16. The van der Waals surface area contributed by atoms with Gasteiger partial charge in [0.05, 0.1) is 10.6 Å². The van der Waals surface area contributed by atoms with Crippen molar-refractivity contribution in [1.29, 1.82) is 0 Å². The number of nitrogens with two attached hydrogens (primary N) is 1. The monoisotopic (exact) mass is 253 g/mol. The van der Waals surface area contributed by atoms with E-state index in [1.54, 1.807) is 6.07 Å². The van der Waals surface area contributed by atoms with Gasteiger partial charge in [0.15, 0.2) is 9.84 Å². The third-order valence-electron chi connectivity index (χ3n) is 3.31. The summed E-state index contributed by atoms with van der Waals surface area (Å²) in [5.74, 6) is 0.163. The molecule has 1 unspecified atom stereocenters. The van der Waals surface area contributed by atoms with Crippen LogP contribution in [0.2, 0.25) is 0 Å². The Morgan fingerprint density at radius 2 is 1.94 bits per heavy atom. The molecule has 0 spiro atoms. The van der Waals surface area contributed by atoms with Crippen molar-refractivity contribution < 1.29 is 8.42 Å². The van der Waals surface area contributed by atoms with Gasteiger partial charge in [0.2, 0.25) is 0 Å². The molecule has 2 N–H and O–H groups in total. The third kappa shape index (κ3) is 2.24. The smallest absolute Gasteiger partial charge is 0.178 e. The molecule has 1 heterocycles. The fraction of sp³-hybridized carbons (Fsp3) is 0.538. The van der Waals surface area contributed by atoms with Crippen LogP contribution in [0, 0.1) is 0 Å². The second kappa shape index (κ2) is 3.82. The summed E-state index contributed by atoms with van der Waals surface area (Å²) in [6.45, 7) is 6.33. The lowest BCUT2D eigenvalue weighted by Crippen LogP contribution is -2.26. The van der Waals surface area contributed by atoms with Crippen molar-refractivity contribution in [3.05, 3.63) is 29.3 Å². The van der Waals surface area contributed by atoms with Crippen LogP contribution in [0.5, 0.6) is 0 Å². The van der Waals surface area contributed by atoms with Gasteiger partial charge in [0, 0.05) is 6.04 Å². The van der Waals surface area contributed by atoms with E-state index in [0.29, 0.717) is 11.3 Å². The zero-order valence-electron chi connectivity index (χ0n) is 10.5. The molecule has 1 atom stereocenters. The highest BCUT2D eigenvalue weighted by molar-refractivity contribution is 7.91. The number of benzene rings is 1. The standard InChI is InChI=1S/C13H19NO2S/c1-13(2,3)9-4-5-12-10(8-9)11(14)6-7-17(12,15)16/h4-5,8,11H,6-7,14H2,1-3H3. The lowest BCUT2D eigenvalue weighted by Gasteiger charge is -2.26. The maximum Gasteiger partial charge on any atom is 0.178 e. The molecule has 0 fully saturated rings. The van der Waals surface area contributed by atoms with E-state index in [9.17, 15) is 8.42 Å². The number of hydrogen-bond acceptors (Lipinski definition) is 3. The van der Waals surface area contributed by atoms with Crippen LogP contribution in [0.1, 0.15) is 44.4 Å². The molecule has 0 amide bonds. The first-order valence-corrected chi connectivity index (χ1v) is 7.50. The van der Waals surface area contributed by atoms with Crippen LogP contribution in [0.25, 0.3) is 0 Å². The molecule has 0 saturated heterocycles. The van der Waals surface area contributed by atoms with Gasteiger partial charge in [-0.05, 0) is 29.0 Å². The molecule has 0 aromatic heterocycles. The summed E-state index contributed by atoms with van der Waals surface area (Å²) < 4.78 is 23.8. The summed E-state index contributed by atoms with van der Waals surface area (Å²) in [5, 5.41) is 0. The van der Waals surface area contributed by atoms with E-state index in [4.69, 9.17) is 5.73 Å². The van der Waals surface area contributed by atoms with Crippen molar-refractivity contribution >= 4 is 9.84 Å². The van der Waals surface area contributed by atoms with E-state index in [1.807, 2.05) is 12.1 Å². The van der Waals surface area contributed by atoms with E-state index < -0.39 is 9.84 Å². The van der Waals surface area contributed by atoms with Crippen molar-refractivity contribution in [1.82, 2.24) is 0 Å². The van der Waals surface area contributed by atoms with Gasteiger partial charge in [-0.25, -0.2) is 8.42 Å². The summed E-state index contributed by atoms with van der Waals surface area (Å²) in [7, 11) is -3.12. The normalized spacial score (nSPS) is 23.2. The largest absolute Gasteiger partial charge is 0.324 e. The zero-order valence-corrected chi connectivity index (χ0v) is 11.3. The maximum atomic E-state index is 11.9. The zero-order chi connectivity index (χ0) is 12.8. The predicted molar refractivity (Wildman–Crippen MR) is 68.7 cm³/mol. The molecule has 1 aromatic rings. The molecule has 1 aliphatic heterocycles. The summed E-state index contributed by atoms with van der Waals surface area (Å²) in [6, 6.07) is 5.41. The number of sulfone groups is 1. The van der Waals surface area contributed by atoms with Crippen LogP contribution in [-0.2, 0) is 15.3 Å². The molecule has 94 valence electrons. The molecule has 17 heavy (non-hydrogen) atoms. The van der Waals surface area contributed by atoms with E-state index in [1.165, 1.54) is 0 Å². The second-order valence-corrected chi connectivity index (χ2v) is 7.79. The fourth-order valence-electron chi connectivity index (χ4n) is 2.14. The van der Waals surface area contributed by atoms with Gasteiger partial charge >= 0.3 is 0 Å². The number of rotatable bonds is 0. The highest BCUT2D eigenvalue weighted by Gasteiger charge is 2.29. The van der Waals surface area contributed by atoms with Crippen molar-refractivity contribution in [3.8, 4) is 0 Å². The fourth-order valence-corrected chi connectivity index (χ4v) is 3.76. The molecular formula is C13H19NO2S. The first-order chi connectivity index (χ1) is 7.72. The minimum absolute atomic E-state index is 0.00988. The number of fused-ring (bicyclic) bond motifs is 1. The van der Waals surface area contributed by atoms with Crippen LogP contribution in [-0.4, -0.2) is 14.2 Å². The van der Waals surface area contributed by atoms with E-state index in [-0.39, 0.29) is 17.2 Å². The Hall–Kier alpha value is -0.870. The molecule has 3 nitrogen and oxygen atoms in total. The van der Waals surface area contributed by atoms with Gasteiger partial charge in [-0.1, -0.05) is 32.9 Å². The van der Waals surface area contributed by atoms with Crippen molar-refractivity contribution in [2.45, 2.75) is 43.5 Å². The third-order valence-corrected chi connectivity index (χ3v) is 5.12. The molecule has 0 aliphatic carbocycles. The molecule has 0 radical (unpaired) electrons. The first kappa shape index (κ1) is 12.6. The minimum Gasteiger partial charge on any atom is -0.324 e. The van der Waals surface area contributed by atoms with Crippen LogP contribution in [0.15, 0.2) is 23.1 Å². The van der Waals surface area contributed by atoms with Crippen LogP contribution < -0.4 is 5.73 Å². The Morgan fingerprint density at radius 3 is 2.53 bits per heavy atom. The highest BCUT2D eigenvalue weighted by atomic mass is 32.2. The van der Waals surface area contributed by atoms with Gasteiger partial charge in [0.25, 0.3) is 0 Å². The Balaban J connectivity index is 2.63.